The largest absolute Gasteiger partial charge is 0.369 e. The molecule has 1 aliphatic heterocycles. The van der Waals surface area contributed by atoms with Crippen molar-refractivity contribution in [2.45, 2.75) is 38.8 Å². The zero-order chi connectivity index (χ0) is 11.7. The number of hydrogen-bond acceptors (Lipinski definition) is 2. The highest BCUT2D eigenvalue weighted by molar-refractivity contribution is 5.56. The van der Waals surface area contributed by atoms with Gasteiger partial charge < -0.3 is 10.6 Å². The van der Waals surface area contributed by atoms with Gasteiger partial charge in [-0.05, 0) is 50.5 Å². The molecule has 1 aromatic carbocycles. The molecule has 0 bridgehead atoms. The van der Waals surface area contributed by atoms with Crippen LogP contribution in [0.1, 0.15) is 38.3 Å². The summed E-state index contributed by atoms with van der Waals surface area (Å²) in [6.07, 6.45) is 2.41. The SMILES string of the molecule is CC(N)c1cc(F)ccc1N1CCCC1C. The lowest BCUT2D eigenvalue weighted by molar-refractivity contribution is 0.620. The Morgan fingerprint density at radius 2 is 2.25 bits per heavy atom. The van der Waals surface area contributed by atoms with E-state index in [2.05, 4.69) is 11.8 Å². The fourth-order valence-corrected chi connectivity index (χ4v) is 2.44. The fraction of sp³-hybridized carbons (Fsp3) is 0.538. The smallest absolute Gasteiger partial charge is 0.123 e. The van der Waals surface area contributed by atoms with Gasteiger partial charge in [-0.25, -0.2) is 4.39 Å². The van der Waals surface area contributed by atoms with E-state index >= 15 is 0 Å². The normalized spacial score (nSPS) is 22.5. The first-order chi connectivity index (χ1) is 7.59. The molecule has 0 saturated carbocycles. The monoisotopic (exact) mass is 222 g/mol. The topological polar surface area (TPSA) is 29.3 Å². The molecule has 2 N–H and O–H groups in total. The molecule has 1 aromatic rings. The average molecular weight is 222 g/mol. The van der Waals surface area contributed by atoms with Crippen molar-refractivity contribution in [1.29, 1.82) is 0 Å². The van der Waals surface area contributed by atoms with Gasteiger partial charge >= 0.3 is 0 Å². The highest BCUT2D eigenvalue weighted by Gasteiger charge is 2.23. The van der Waals surface area contributed by atoms with E-state index in [9.17, 15) is 4.39 Å². The first kappa shape index (κ1) is 11.4. The van der Waals surface area contributed by atoms with E-state index in [0.717, 1.165) is 17.8 Å². The summed E-state index contributed by atoms with van der Waals surface area (Å²) in [6.45, 7) is 5.16. The molecule has 0 amide bonds. The third-order valence-corrected chi connectivity index (χ3v) is 3.34. The number of nitrogens with two attached hydrogens (primary N) is 1. The molecule has 1 heterocycles. The van der Waals surface area contributed by atoms with Crippen LogP contribution in [-0.4, -0.2) is 12.6 Å². The summed E-state index contributed by atoms with van der Waals surface area (Å²) in [4.78, 5) is 2.33. The summed E-state index contributed by atoms with van der Waals surface area (Å²) in [5.74, 6) is -0.206. The Hall–Kier alpha value is -1.09. The minimum Gasteiger partial charge on any atom is -0.369 e. The quantitative estimate of drug-likeness (QED) is 0.833. The summed E-state index contributed by atoms with van der Waals surface area (Å²) in [5.41, 5.74) is 7.91. The predicted molar refractivity (Wildman–Crippen MR) is 65.0 cm³/mol. The molecular weight excluding hydrogens is 203 g/mol. The molecule has 3 heteroatoms. The first-order valence-corrected chi connectivity index (χ1v) is 5.91. The second kappa shape index (κ2) is 4.42. The van der Waals surface area contributed by atoms with Crippen LogP contribution in [0, 0.1) is 5.82 Å². The molecule has 2 rings (SSSR count). The summed E-state index contributed by atoms with van der Waals surface area (Å²) >= 11 is 0. The van der Waals surface area contributed by atoms with Gasteiger partial charge in [-0.15, -0.1) is 0 Å². The summed E-state index contributed by atoms with van der Waals surface area (Å²) in [7, 11) is 0. The number of benzene rings is 1. The maximum absolute atomic E-state index is 13.2. The summed E-state index contributed by atoms with van der Waals surface area (Å²) in [6, 6.07) is 5.34. The highest BCUT2D eigenvalue weighted by atomic mass is 19.1. The number of anilines is 1. The van der Waals surface area contributed by atoms with Crippen LogP contribution in [0.2, 0.25) is 0 Å². The second-order valence-corrected chi connectivity index (χ2v) is 4.68. The van der Waals surface area contributed by atoms with Crippen molar-refractivity contribution in [1.82, 2.24) is 0 Å². The van der Waals surface area contributed by atoms with E-state index < -0.39 is 0 Å². The minimum absolute atomic E-state index is 0.126. The molecule has 88 valence electrons. The van der Waals surface area contributed by atoms with Crippen LogP contribution in [0.3, 0.4) is 0 Å². The lowest BCUT2D eigenvalue weighted by Gasteiger charge is -2.27. The lowest BCUT2D eigenvalue weighted by atomic mass is 10.1. The van der Waals surface area contributed by atoms with Gasteiger partial charge in [-0.3, -0.25) is 0 Å². The highest BCUT2D eigenvalue weighted by Crippen LogP contribution is 2.31. The Morgan fingerprint density at radius 1 is 1.50 bits per heavy atom. The van der Waals surface area contributed by atoms with Gasteiger partial charge in [0.25, 0.3) is 0 Å². The Kier molecular flexibility index (Phi) is 3.15. The van der Waals surface area contributed by atoms with Crippen molar-refractivity contribution in [3.63, 3.8) is 0 Å². The molecule has 0 aliphatic carbocycles. The van der Waals surface area contributed by atoms with Crippen molar-refractivity contribution in [3.05, 3.63) is 29.6 Å². The van der Waals surface area contributed by atoms with Crippen LogP contribution in [0.5, 0.6) is 0 Å². The van der Waals surface area contributed by atoms with Gasteiger partial charge in [0.2, 0.25) is 0 Å². The van der Waals surface area contributed by atoms with E-state index in [-0.39, 0.29) is 11.9 Å². The van der Waals surface area contributed by atoms with Crippen LogP contribution in [0.25, 0.3) is 0 Å². The zero-order valence-electron chi connectivity index (χ0n) is 9.91. The number of nitrogens with zero attached hydrogens (tertiary/aromatic N) is 1. The third kappa shape index (κ3) is 2.05. The Balaban J connectivity index is 2.39. The molecule has 2 nitrogen and oxygen atoms in total. The molecule has 2 atom stereocenters. The summed E-state index contributed by atoms with van der Waals surface area (Å²) in [5, 5.41) is 0. The Morgan fingerprint density at radius 3 is 2.81 bits per heavy atom. The molecule has 0 spiro atoms. The first-order valence-electron chi connectivity index (χ1n) is 5.91. The summed E-state index contributed by atoms with van der Waals surface area (Å²) < 4.78 is 13.2. The molecule has 0 aromatic heterocycles. The van der Waals surface area contributed by atoms with E-state index in [0.29, 0.717) is 6.04 Å². The number of halogens is 1. The van der Waals surface area contributed by atoms with Crippen molar-refractivity contribution >= 4 is 5.69 Å². The average Bonchev–Trinajstić information content (AvgIpc) is 2.64. The van der Waals surface area contributed by atoms with E-state index in [1.165, 1.54) is 18.9 Å². The van der Waals surface area contributed by atoms with E-state index in [4.69, 9.17) is 5.73 Å². The van der Waals surface area contributed by atoms with Crippen molar-refractivity contribution in [2.75, 3.05) is 11.4 Å². The molecule has 0 radical (unpaired) electrons. The standard InChI is InChI=1S/C13H19FN2/c1-9-4-3-7-16(9)13-6-5-11(14)8-12(13)10(2)15/h5-6,8-10H,3-4,7,15H2,1-2H3. The molecular formula is C13H19FN2. The molecule has 16 heavy (non-hydrogen) atoms. The minimum atomic E-state index is -0.206. The van der Waals surface area contributed by atoms with Gasteiger partial charge in [-0.2, -0.15) is 0 Å². The van der Waals surface area contributed by atoms with Crippen LogP contribution >= 0.6 is 0 Å². The maximum Gasteiger partial charge on any atom is 0.123 e. The van der Waals surface area contributed by atoms with E-state index in [1.807, 2.05) is 13.0 Å². The van der Waals surface area contributed by atoms with Crippen LogP contribution in [0.15, 0.2) is 18.2 Å². The van der Waals surface area contributed by atoms with Crippen molar-refractivity contribution in [3.8, 4) is 0 Å². The molecule has 2 unspecified atom stereocenters. The second-order valence-electron chi connectivity index (χ2n) is 4.68. The molecule has 1 aliphatic rings. The molecule has 1 fully saturated rings. The Bertz CT molecular complexity index is 376. The van der Waals surface area contributed by atoms with Crippen LogP contribution in [0.4, 0.5) is 10.1 Å². The Labute approximate surface area is 96.2 Å². The van der Waals surface area contributed by atoms with Gasteiger partial charge in [0.15, 0.2) is 0 Å². The fourth-order valence-electron chi connectivity index (χ4n) is 2.44. The van der Waals surface area contributed by atoms with Gasteiger partial charge in [0.1, 0.15) is 5.82 Å². The predicted octanol–water partition coefficient (Wildman–Crippen LogP) is 2.83. The van der Waals surface area contributed by atoms with Gasteiger partial charge in [0, 0.05) is 24.3 Å². The lowest BCUT2D eigenvalue weighted by Crippen LogP contribution is -2.28. The van der Waals surface area contributed by atoms with Gasteiger partial charge in [0.05, 0.1) is 0 Å². The maximum atomic E-state index is 13.2. The van der Waals surface area contributed by atoms with Crippen LogP contribution < -0.4 is 10.6 Å². The molecule has 1 saturated heterocycles. The van der Waals surface area contributed by atoms with Crippen molar-refractivity contribution < 1.29 is 4.39 Å². The van der Waals surface area contributed by atoms with Crippen LogP contribution in [-0.2, 0) is 0 Å². The number of hydrogen-bond donors (Lipinski definition) is 1. The third-order valence-electron chi connectivity index (χ3n) is 3.34. The number of rotatable bonds is 2. The zero-order valence-corrected chi connectivity index (χ0v) is 9.91. The van der Waals surface area contributed by atoms with Gasteiger partial charge in [-0.1, -0.05) is 0 Å². The van der Waals surface area contributed by atoms with Crippen molar-refractivity contribution in [2.24, 2.45) is 5.73 Å². The van der Waals surface area contributed by atoms with E-state index in [1.54, 1.807) is 6.07 Å².